The number of carbonyl (C=O) groups excluding carboxylic acids is 5. The topological polar surface area (TPSA) is 182 Å². The van der Waals surface area contributed by atoms with E-state index in [9.17, 15) is 24.0 Å². The second kappa shape index (κ2) is 16.5. The van der Waals surface area contributed by atoms with Gasteiger partial charge in [-0.2, -0.15) is 0 Å². The third kappa shape index (κ3) is 10.4. The van der Waals surface area contributed by atoms with E-state index in [-0.39, 0.29) is 30.7 Å². The number of hydrogen-bond donors (Lipinski definition) is 7. The smallest absolute Gasteiger partial charge is 0.246 e. The summed E-state index contributed by atoms with van der Waals surface area (Å²) >= 11 is 0. The molecule has 0 radical (unpaired) electrons. The Bertz CT molecular complexity index is 1030. The molecule has 0 unspecified atom stereocenters. The second-order valence-corrected chi connectivity index (χ2v) is 12.5. The molecule has 1 saturated heterocycles. The first-order valence-corrected chi connectivity index (χ1v) is 16.1. The molecule has 13 heteroatoms. The summed E-state index contributed by atoms with van der Waals surface area (Å²) in [5.74, 6) is -1.43. The highest BCUT2D eigenvalue weighted by Crippen LogP contribution is 2.27. The molecule has 0 aromatic carbocycles. The number of aliphatic imine (C=N–C) groups is 1. The molecule has 3 rings (SSSR count). The zero-order valence-corrected chi connectivity index (χ0v) is 26.3. The summed E-state index contributed by atoms with van der Waals surface area (Å²) in [4.78, 5) is 71.1. The molecule has 43 heavy (non-hydrogen) atoms. The number of nitrogens with zero attached hydrogens (tertiary/aromatic N) is 1. The van der Waals surface area contributed by atoms with Crippen molar-refractivity contribution in [1.29, 1.82) is 0 Å². The van der Waals surface area contributed by atoms with Gasteiger partial charge in [0.15, 0.2) is 5.96 Å². The third-order valence-electron chi connectivity index (χ3n) is 8.57. The summed E-state index contributed by atoms with van der Waals surface area (Å²) in [6, 6.07) is -2.58. The first-order chi connectivity index (χ1) is 20.5. The van der Waals surface area contributed by atoms with Gasteiger partial charge in [0, 0.05) is 25.6 Å². The second-order valence-electron chi connectivity index (χ2n) is 12.5. The molecule has 7 N–H and O–H groups in total. The van der Waals surface area contributed by atoms with Gasteiger partial charge in [-0.05, 0) is 44.9 Å². The predicted molar refractivity (Wildman–Crippen MR) is 164 cm³/mol. The minimum atomic E-state index is -1.38. The highest BCUT2D eigenvalue weighted by molar-refractivity contribution is 5.97. The molecule has 2 heterocycles. The highest BCUT2D eigenvalue weighted by Gasteiger charge is 2.39. The van der Waals surface area contributed by atoms with Gasteiger partial charge in [-0.15, -0.1) is 0 Å². The van der Waals surface area contributed by atoms with Crippen LogP contribution in [-0.2, 0) is 24.0 Å². The largest absolute Gasteiger partial charge is 0.356 e. The lowest BCUT2D eigenvalue weighted by Crippen LogP contribution is -2.63. The molecule has 0 spiro atoms. The Morgan fingerprint density at radius 2 is 1.63 bits per heavy atom. The monoisotopic (exact) mass is 604 g/mol. The molecule has 242 valence electrons. The number of nitrogens with one attached hydrogen (secondary N) is 7. The van der Waals surface area contributed by atoms with Gasteiger partial charge in [-0.3, -0.25) is 29.0 Å². The molecule has 4 atom stereocenters. The maximum atomic E-state index is 13.7. The maximum Gasteiger partial charge on any atom is 0.246 e. The maximum absolute atomic E-state index is 13.7. The lowest BCUT2D eigenvalue weighted by Gasteiger charge is -2.34. The summed E-state index contributed by atoms with van der Waals surface area (Å²) in [5, 5.41) is 20.6. The van der Waals surface area contributed by atoms with Crippen molar-refractivity contribution in [1.82, 2.24) is 37.2 Å². The Balaban J connectivity index is 1.83. The van der Waals surface area contributed by atoms with E-state index in [0.29, 0.717) is 50.7 Å². The van der Waals surface area contributed by atoms with Crippen molar-refractivity contribution in [2.24, 2.45) is 16.8 Å². The molecule has 0 aromatic heterocycles. The van der Waals surface area contributed by atoms with E-state index in [1.165, 1.54) is 6.42 Å². The molecule has 0 aromatic rings. The number of rotatable bonds is 9. The molecule has 13 nitrogen and oxygen atoms in total. The molecular weight excluding hydrogens is 552 g/mol. The highest BCUT2D eigenvalue weighted by atomic mass is 16.2. The van der Waals surface area contributed by atoms with E-state index in [2.05, 4.69) is 42.2 Å². The lowest BCUT2D eigenvalue weighted by atomic mass is 9.84. The Labute approximate surface area is 255 Å². The molecule has 0 bridgehead atoms. The van der Waals surface area contributed by atoms with Crippen LogP contribution in [0.3, 0.4) is 0 Å². The zero-order valence-electron chi connectivity index (χ0n) is 26.3. The van der Waals surface area contributed by atoms with Crippen molar-refractivity contribution >= 4 is 35.5 Å². The molecule has 5 amide bonds. The van der Waals surface area contributed by atoms with E-state index in [0.717, 1.165) is 32.2 Å². The van der Waals surface area contributed by atoms with Crippen molar-refractivity contribution in [3.63, 3.8) is 0 Å². The summed E-state index contributed by atoms with van der Waals surface area (Å²) in [5.41, 5.74) is -1.38. The molecule has 3 aliphatic rings. The van der Waals surface area contributed by atoms with Crippen molar-refractivity contribution < 1.29 is 24.0 Å². The van der Waals surface area contributed by atoms with E-state index in [1.807, 2.05) is 0 Å². The van der Waals surface area contributed by atoms with Crippen LogP contribution in [0, 0.1) is 11.8 Å². The Morgan fingerprint density at radius 3 is 2.28 bits per heavy atom. The number of guanidine groups is 1. The van der Waals surface area contributed by atoms with Crippen LogP contribution in [0.4, 0.5) is 0 Å². The minimum Gasteiger partial charge on any atom is -0.356 e. The first-order valence-electron chi connectivity index (χ1n) is 16.1. The molecule has 1 saturated carbocycles. The summed E-state index contributed by atoms with van der Waals surface area (Å²) in [6.07, 6.45) is 7.16. The van der Waals surface area contributed by atoms with Crippen molar-refractivity contribution in [2.45, 2.75) is 116 Å². The van der Waals surface area contributed by atoms with Gasteiger partial charge in [-0.1, -0.05) is 52.9 Å². The summed E-state index contributed by atoms with van der Waals surface area (Å²) < 4.78 is 0. The minimum absolute atomic E-state index is 0.102. The van der Waals surface area contributed by atoms with Gasteiger partial charge in [0.05, 0.1) is 6.54 Å². The third-order valence-corrected chi connectivity index (χ3v) is 8.57. The fourth-order valence-electron chi connectivity index (χ4n) is 5.71. The number of carbonyl (C=O) groups is 5. The molecule has 2 aliphatic heterocycles. The summed E-state index contributed by atoms with van der Waals surface area (Å²) in [6.45, 7) is 8.96. The fraction of sp³-hybridized carbons (Fsp3) is 0.800. The normalized spacial score (nSPS) is 28.0. The van der Waals surface area contributed by atoms with E-state index in [1.54, 1.807) is 27.7 Å². The average molecular weight is 605 g/mol. The van der Waals surface area contributed by atoms with Crippen LogP contribution in [-0.4, -0.2) is 85.3 Å². The van der Waals surface area contributed by atoms with Crippen LogP contribution in [0.15, 0.2) is 4.99 Å². The van der Waals surface area contributed by atoms with Gasteiger partial charge >= 0.3 is 0 Å². The van der Waals surface area contributed by atoms with Crippen molar-refractivity contribution in [2.75, 3.05) is 26.2 Å². The number of hydrogen-bond acceptors (Lipinski definition) is 8. The molecule has 2 fully saturated rings. The predicted octanol–water partition coefficient (Wildman–Crippen LogP) is 0.201. The van der Waals surface area contributed by atoms with Gasteiger partial charge < -0.3 is 37.2 Å². The average Bonchev–Trinajstić information content (AvgIpc) is 3.50. The lowest BCUT2D eigenvalue weighted by molar-refractivity contribution is -0.138. The van der Waals surface area contributed by atoms with E-state index in [4.69, 9.17) is 0 Å². The van der Waals surface area contributed by atoms with Crippen LogP contribution >= 0.6 is 0 Å². The first kappa shape index (κ1) is 34.1. The Kier molecular flexibility index (Phi) is 13.1. The quantitative estimate of drug-likeness (QED) is 0.184. The zero-order chi connectivity index (χ0) is 31.4. The van der Waals surface area contributed by atoms with Crippen LogP contribution in [0.25, 0.3) is 0 Å². The van der Waals surface area contributed by atoms with Gasteiger partial charge in [0.25, 0.3) is 0 Å². The Morgan fingerprint density at radius 1 is 0.930 bits per heavy atom. The SMILES string of the molecule is CC[C@@H]1NC(=O)[C@H](CCCNC2=NCCN2)NC(=O)[C@](C)(NC(=O)C(C)C)CCNC(=O)[C@@H](CC2CCCCC2)NC1=O. The molecule has 1 aliphatic carbocycles. The standard InChI is InChI=1S/C30H52N8O5/c1-5-21-26(41)36-23(18-20-10-7-6-8-11-20)25(40)31-15-13-30(4,38-24(39)19(2)3)28(43)37-22(27(42)35-21)12-9-14-32-29-33-16-17-34-29/h19-23H,5-18H2,1-4H3,(H,31,40)(H,35,42)(H,36,41)(H,37,43)(H,38,39)(H2,32,33,34)/t21-,22-,23+,30+/m0/s1. The molecular formula is C30H52N8O5. The number of amides is 5. The van der Waals surface area contributed by atoms with Crippen LogP contribution in [0.1, 0.15) is 91.9 Å². The Hall–Kier alpha value is -3.38. The van der Waals surface area contributed by atoms with Crippen molar-refractivity contribution in [3.8, 4) is 0 Å². The summed E-state index contributed by atoms with van der Waals surface area (Å²) in [7, 11) is 0. The van der Waals surface area contributed by atoms with E-state index < -0.39 is 41.4 Å². The van der Waals surface area contributed by atoms with Gasteiger partial charge in [0.1, 0.15) is 23.7 Å². The van der Waals surface area contributed by atoms with Crippen LogP contribution in [0.5, 0.6) is 0 Å². The van der Waals surface area contributed by atoms with Crippen LogP contribution < -0.4 is 37.2 Å². The van der Waals surface area contributed by atoms with Gasteiger partial charge in [-0.25, -0.2) is 0 Å². The fourth-order valence-corrected chi connectivity index (χ4v) is 5.71. The van der Waals surface area contributed by atoms with Crippen LogP contribution in [0.2, 0.25) is 0 Å². The van der Waals surface area contributed by atoms with E-state index >= 15 is 0 Å². The van der Waals surface area contributed by atoms with Crippen molar-refractivity contribution in [3.05, 3.63) is 0 Å². The van der Waals surface area contributed by atoms with Gasteiger partial charge in [0.2, 0.25) is 29.5 Å².